The SMILES string of the molecule is Fc1ccc(CNCc2sccc2Br)c(Cl)c1. The molecule has 0 radical (unpaired) electrons. The van der Waals surface area contributed by atoms with Crippen molar-refractivity contribution >= 4 is 38.9 Å². The molecule has 0 aliphatic heterocycles. The summed E-state index contributed by atoms with van der Waals surface area (Å²) in [6, 6.07) is 6.48. The fourth-order valence-corrected chi connectivity index (χ4v) is 3.12. The maximum absolute atomic E-state index is 12.8. The Labute approximate surface area is 117 Å². The molecule has 0 amide bonds. The van der Waals surface area contributed by atoms with Crippen molar-refractivity contribution < 1.29 is 4.39 Å². The van der Waals surface area contributed by atoms with Crippen LogP contribution < -0.4 is 5.32 Å². The molecule has 0 spiro atoms. The van der Waals surface area contributed by atoms with Crippen LogP contribution in [0.15, 0.2) is 34.1 Å². The van der Waals surface area contributed by atoms with Gasteiger partial charge in [-0.25, -0.2) is 4.39 Å². The van der Waals surface area contributed by atoms with Crippen LogP contribution in [0.2, 0.25) is 5.02 Å². The van der Waals surface area contributed by atoms with Gasteiger partial charge in [0.25, 0.3) is 0 Å². The highest BCUT2D eigenvalue weighted by Gasteiger charge is 2.03. The zero-order valence-corrected chi connectivity index (χ0v) is 12.0. The smallest absolute Gasteiger partial charge is 0.124 e. The van der Waals surface area contributed by atoms with Crippen LogP contribution in [0.25, 0.3) is 0 Å². The number of thiophene rings is 1. The van der Waals surface area contributed by atoms with Gasteiger partial charge in [-0.1, -0.05) is 17.7 Å². The second kappa shape index (κ2) is 5.96. The van der Waals surface area contributed by atoms with Crippen LogP contribution in [0.4, 0.5) is 4.39 Å². The summed E-state index contributed by atoms with van der Waals surface area (Å²) in [4.78, 5) is 1.24. The van der Waals surface area contributed by atoms with Gasteiger partial charge in [-0.15, -0.1) is 11.3 Å². The Morgan fingerprint density at radius 2 is 2.12 bits per heavy atom. The molecule has 0 saturated carbocycles. The standard InChI is InChI=1S/C12H10BrClFNS/c13-10-3-4-17-12(10)7-16-6-8-1-2-9(15)5-11(8)14/h1-5,16H,6-7H2. The van der Waals surface area contributed by atoms with Crippen molar-refractivity contribution in [1.82, 2.24) is 5.32 Å². The van der Waals surface area contributed by atoms with Gasteiger partial charge in [0.15, 0.2) is 0 Å². The Hall–Kier alpha value is -0.420. The number of benzene rings is 1. The van der Waals surface area contributed by atoms with Gasteiger partial charge < -0.3 is 5.32 Å². The molecule has 2 rings (SSSR count). The monoisotopic (exact) mass is 333 g/mol. The van der Waals surface area contributed by atoms with Crippen LogP contribution in [0.1, 0.15) is 10.4 Å². The lowest BCUT2D eigenvalue weighted by molar-refractivity contribution is 0.625. The third-order valence-corrected chi connectivity index (χ3v) is 4.59. The second-order valence-electron chi connectivity index (χ2n) is 3.53. The fourth-order valence-electron chi connectivity index (χ4n) is 1.43. The number of hydrogen-bond donors (Lipinski definition) is 1. The van der Waals surface area contributed by atoms with Crippen LogP contribution in [0.5, 0.6) is 0 Å². The lowest BCUT2D eigenvalue weighted by Crippen LogP contribution is -2.12. The Kier molecular flexibility index (Phi) is 4.56. The van der Waals surface area contributed by atoms with Crippen molar-refractivity contribution in [3.05, 3.63) is 55.4 Å². The van der Waals surface area contributed by atoms with E-state index in [9.17, 15) is 4.39 Å². The van der Waals surface area contributed by atoms with Crippen LogP contribution >= 0.6 is 38.9 Å². The van der Waals surface area contributed by atoms with E-state index >= 15 is 0 Å². The quantitative estimate of drug-likeness (QED) is 0.862. The molecule has 5 heteroatoms. The number of halogens is 3. The summed E-state index contributed by atoms with van der Waals surface area (Å²) in [5.74, 6) is -0.306. The maximum Gasteiger partial charge on any atom is 0.124 e. The molecule has 0 unspecified atom stereocenters. The largest absolute Gasteiger partial charge is 0.308 e. The Bertz CT molecular complexity index is 515. The third kappa shape index (κ3) is 3.52. The van der Waals surface area contributed by atoms with E-state index in [4.69, 9.17) is 11.6 Å². The topological polar surface area (TPSA) is 12.0 Å². The van der Waals surface area contributed by atoms with E-state index in [2.05, 4.69) is 21.2 Å². The number of rotatable bonds is 4. The minimum atomic E-state index is -0.306. The van der Waals surface area contributed by atoms with Crippen LogP contribution in [0, 0.1) is 5.82 Å². The predicted molar refractivity (Wildman–Crippen MR) is 74.0 cm³/mol. The lowest BCUT2D eigenvalue weighted by atomic mass is 10.2. The minimum Gasteiger partial charge on any atom is -0.308 e. The normalized spacial score (nSPS) is 10.8. The van der Waals surface area contributed by atoms with E-state index in [1.807, 2.05) is 11.4 Å². The average Bonchev–Trinajstić information content (AvgIpc) is 2.68. The molecule has 0 aliphatic carbocycles. The van der Waals surface area contributed by atoms with Crippen LogP contribution in [-0.4, -0.2) is 0 Å². The summed E-state index contributed by atoms with van der Waals surface area (Å²) in [6.45, 7) is 1.40. The zero-order chi connectivity index (χ0) is 12.3. The lowest BCUT2D eigenvalue weighted by Gasteiger charge is -2.06. The summed E-state index contributed by atoms with van der Waals surface area (Å²) in [6.07, 6.45) is 0. The van der Waals surface area contributed by atoms with Gasteiger partial charge in [-0.2, -0.15) is 0 Å². The highest BCUT2D eigenvalue weighted by Crippen LogP contribution is 2.22. The molecule has 1 aromatic carbocycles. The Balaban J connectivity index is 1.92. The molecule has 1 aromatic heterocycles. The van der Waals surface area contributed by atoms with Gasteiger partial charge >= 0.3 is 0 Å². The molecule has 2 aromatic rings. The van der Waals surface area contributed by atoms with Crippen LogP contribution in [0.3, 0.4) is 0 Å². The first kappa shape index (κ1) is 13.0. The first-order valence-electron chi connectivity index (χ1n) is 5.03. The van der Waals surface area contributed by atoms with E-state index in [1.165, 1.54) is 17.0 Å². The summed E-state index contributed by atoms with van der Waals surface area (Å²) in [7, 11) is 0. The highest BCUT2D eigenvalue weighted by atomic mass is 79.9. The molecule has 0 bridgehead atoms. The molecule has 1 nitrogen and oxygen atoms in total. The maximum atomic E-state index is 12.8. The Morgan fingerprint density at radius 1 is 1.29 bits per heavy atom. The average molecular weight is 335 g/mol. The summed E-state index contributed by atoms with van der Waals surface area (Å²) < 4.78 is 13.9. The van der Waals surface area contributed by atoms with E-state index in [0.717, 1.165) is 16.6 Å². The van der Waals surface area contributed by atoms with Crippen molar-refractivity contribution in [3.63, 3.8) is 0 Å². The van der Waals surface area contributed by atoms with Gasteiger partial charge in [0.2, 0.25) is 0 Å². The van der Waals surface area contributed by atoms with Crippen molar-refractivity contribution in [2.24, 2.45) is 0 Å². The fraction of sp³-hybridized carbons (Fsp3) is 0.167. The molecule has 1 heterocycles. The van der Waals surface area contributed by atoms with Gasteiger partial charge in [0.1, 0.15) is 5.82 Å². The van der Waals surface area contributed by atoms with E-state index in [0.29, 0.717) is 11.6 Å². The number of nitrogens with one attached hydrogen (secondary N) is 1. The molecule has 0 fully saturated rings. The van der Waals surface area contributed by atoms with Gasteiger partial charge in [-0.05, 0) is 45.1 Å². The molecule has 17 heavy (non-hydrogen) atoms. The van der Waals surface area contributed by atoms with E-state index in [1.54, 1.807) is 17.4 Å². The van der Waals surface area contributed by atoms with Crippen molar-refractivity contribution in [2.45, 2.75) is 13.1 Å². The highest BCUT2D eigenvalue weighted by molar-refractivity contribution is 9.10. The molecule has 0 atom stereocenters. The molecular weight excluding hydrogens is 325 g/mol. The summed E-state index contributed by atoms with van der Waals surface area (Å²) in [5.41, 5.74) is 0.903. The molecule has 90 valence electrons. The first-order valence-corrected chi connectivity index (χ1v) is 7.08. The summed E-state index contributed by atoms with van der Waals surface area (Å²) in [5, 5.41) is 5.77. The number of hydrogen-bond acceptors (Lipinski definition) is 2. The van der Waals surface area contributed by atoms with E-state index < -0.39 is 0 Å². The molecule has 1 N–H and O–H groups in total. The van der Waals surface area contributed by atoms with Crippen molar-refractivity contribution in [2.75, 3.05) is 0 Å². The minimum absolute atomic E-state index is 0.306. The van der Waals surface area contributed by atoms with Crippen molar-refractivity contribution in [3.8, 4) is 0 Å². The first-order chi connectivity index (χ1) is 8.16. The van der Waals surface area contributed by atoms with E-state index in [-0.39, 0.29) is 5.82 Å². The third-order valence-electron chi connectivity index (χ3n) is 2.31. The molecule has 0 saturated heterocycles. The molecule has 0 aliphatic rings. The van der Waals surface area contributed by atoms with Crippen molar-refractivity contribution in [1.29, 1.82) is 0 Å². The predicted octanol–water partition coefficient (Wildman–Crippen LogP) is 4.59. The second-order valence-corrected chi connectivity index (χ2v) is 5.79. The van der Waals surface area contributed by atoms with Gasteiger partial charge in [0.05, 0.1) is 0 Å². The Morgan fingerprint density at radius 3 is 2.76 bits per heavy atom. The zero-order valence-electron chi connectivity index (χ0n) is 8.84. The van der Waals surface area contributed by atoms with Crippen LogP contribution in [-0.2, 0) is 13.1 Å². The van der Waals surface area contributed by atoms with Gasteiger partial charge in [0, 0.05) is 27.5 Å². The summed E-state index contributed by atoms with van der Waals surface area (Å²) >= 11 is 11.1. The molecular formula is C12H10BrClFNS. The van der Waals surface area contributed by atoms with Gasteiger partial charge in [-0.3, -0.25) is 0 Å².